The van der Waals surface area contributed by atoms with Gasteiger partial charge in [0.1, 0.15) is 5.75 Å². The second kappa shape index (κ2) is 5.89. The molecule has 2 aromatic carbocycles. The minimum Gasteiger partial charge on any atom is -0.496 e. The summed E-state index contributed by atoms with van der Waals surface area (Å²) in [6.07, 6.45) is 0.320. The molecule has 19 heavy (non-hydrogen) atoms. The number of ketones is 1. The molecule has 0 aliphatic rings. The van der Waals surface area contributed by atoms with E-state index in [1.54, 1.807) is 13.2 Å². The summed E-state index contributed by atoms with van der Waals surface area (Å²) in [5.74, 6) is 0.639. The lowest BCUT2D eigenvalue weighted by Crippen LogP contribution is -2.06. The summed E-state index contributed by atoms with van der Waals surface area (Å²) in [5, 5.41) is 0.640. The normalized spacial score (nSPS) is 10.3. The number of benzene rings is 2. The van der Waals surface area contributed by atoms with Crippen molar-refractivity contribution in [2.45, 2.75) is 13.3 Å². The zero-order valence-corrected chi connectivity index (χ0v) is 11.7. The molecule has 0 aromatic heterocycles. The standard InChI is InChI=1S/C16H15ClO2/c1-11-6-7-16(19-2)14(8-11)15(18)10-12-4-3-5-13(17)9-12/h3-9H,10H2,1-2H3. The number of halogens is 1. The molecule has 0 spiro atoms. The van der Waals surface area contributed by atoms with Crippen molar-refractivity contribution in [1.82, 2.24) is 0 Å². The fraction of sp³-hybridized carbons (Fsp3) is 0.188. The van der Waals surface area contributed by atoms with E-state index in [2.05, 4.69) is 0 Å². The van der Waals surface area contributed by atoms with E-state index in [0.29, 0.717) is 22.8 Å². The van der Waals surface area contributed by atoms with Crippen LogP contribution in [0.5, 0.6) is 5.75 Å². The first-order valence-corrected chi connectivity index (χ1v) is 6.40. The minimum atomic E-state index is 0.0304. The van der Waals surface area contributed by atoms with Crippen LogP contribution in [0, 0.1) is 6.92 Å². The number of carbonyl (C=O) groups excluding carboxylic acids is 1. The lowest BCUT2D eigenvalue weighted by Gasteiger charge is -2.09. The Morgan fingerprint density at radius 1 is 1.21 bits per heavy atom. The van der Waals surface area contributed by atoms with E-state index in [9.17, 15) is 4.79 Å². The molecule has 2 aromatic rings. The Hall–Kier alpha value is -1.80. The highest BCUT2D eigenvalue weighted by molar-refractivity contribution is 6.30. The van der Waals surface area contributed by atoms with E-state index in [4.69, 9.17) is 16.3 Å². The van der Waals surface area contributed by atoms with Crippen LogP contribution in [-0.2, 0) is 6.42 Å². The molecule has 0 radical (unpaired) electrons. The first-order chi connectivity index (χ1) is 9.10. The maximum Gasteiger partial charge on any atom is 0.170 e. The molecule has 0 N–H and O–H groups in total. The lowest BCUT2D eigenvalue weighted by molar-refractivity contribution is 0.0990. The van der Waals surface area contributed by atoms with Gasteiger partial charge < -0.3 is 4.74 Å². The molecule has 0 unspecified atom stereocenters. The minimum absolute atomic E-state index is 0.0304. The predicted octanol–water partition coefficient (Wildman–Crippen LogP) is 4.08. The summed E-state index contributed by atoms with van der Waals surface area (Å²) in [7, 11) is 1.57. The maximum atomic E-state index is 12.3. The number of rotatable bonds is 4. The quantitative estimate of drug-likeness (QED) is 0.785. The second-order valence-corrected chi connectivity index (χ2v) is 4.87. The van der Waals surface area contributed by atoms with Gasteiger partial charge in [0.15, 0.2) is 5.78 Å². The Kier molecular flexibility index (Phi) is 4.23. The zero-order valence-electron chi connectivity index (χ0n) is 10.9. The fourth-order valence-electron chi connectivity index (χ4n) is 1.97. The van der Waals surface area contributed by atoms with Crippen molar-refractivity contribution in [3.8, 4) is 5.75 Å². The summed E-state index contributed by atoms with van der Waals surface area (Å²) >= 11 is 5.92. The SMILES string of the molecule is COc1ccc(C)cc1C(=O)Cc1cccc(Cl)c1. The molecule has 0 aliphatic carbocycles. The number of carbonyl (C=O) groups is 1. The molecule has 0 bridgehead atoms. The topological polar surface area (TPSA) is 26.3 Å². The Morgan fingerprint density at radius 3 is 2.68 bits per heavy atom. The van der Waals surface area contributed by atoms with Gasteiger partial charge in [0.2, 0.25) is 0 Å². The fourth-order valence-corrected chi connectivity index (χ4v) is 2.18. The Morgan fingerprint density at radius 2 is 2.00 bits per heavy atom. The van der Waals surface area contributed by atoms with Crippen LogP contribution in [0.4, 0.5) is 0 Å². The van der Waals surface area contributed by atoms with Crippen molar-refractivity contribution in [2.24, 2.45) is 0 Å². The smallest absolute Gasteiger partial charge is 0.170 e. The summed E-state index contributed by atoms with van der Waals surface area (Å²) in [6, 6.07) is 12.9. The highest BCUT2D eigenvalue weighted by Gasteiger charge is 2.13. The molecule has 0 fully saturated rings. The zero-order chi connectivity index (χ0) is 13.8. The van der Waals surface area contributed by atoms with Crippen molar-refractivity contribution in [1.29, 1.82) is 0 Å². The number of aryl methyl sites for hydroxylation is 1. The average molecular weight is 275 g/mol. The molecule has 2 rings (SSSR count). The maximum absolute atomic E-state index is 12.3. The predicted molar refractivity (Wildman–Crippen MR) is 77.2 cm³/mol. The molecular formula is C16H15ClO2. The summed E-state index contributed by atoms with van der Waals surface area (Å²) < 4.78 is 5.24. The summed E-state index contributed by atoms with van der Waals surface area (Å²) in [5.41, 5.74) is 2.55. The van der Waals surface area contributed by atoms with Crippen LogP contribution in [-0.4, -0.2) is 12.9 Å². The van der Waals surface area contributed by atoms with Crippen LogP contribution in [0.1, 0.15) is 21.5 Å². The number of hydrogen-bond acceptors (Lipinski definition) is 2. The number of hydrogen-bond donors (Lipinski definition) is 0. The second-order valence-electron chi connectivity index (χ2n) is 4.43. The largest absolute Gasteiger partial charge is 0.496 e. The third-order valence-electron chi connectivity index (χ3n) is 2.91. The third kappa shape index (κ3) is 3.36. The molecule has 0 aliphatic heterocycles. The summed E-state index contributed by atoms with van der Waals surface area (Å²) in [4.78, 5) is 12.3. The summed E-state index contributed by atoms with van der Waals surface area (Å²) in [6.45, 7) is 1.95. The van der Waals surface area contributed by atoms with Crippen LogP contribution in [0.15, 0.2) is 42.5 Å². The highest BCUT2D eigenvalue weighted by atomic mass is 35.5. The van der Waals surface area contributed by atoms with Gasteiger partial charge >= 0.3 is 0 Å². The molecule has 0 amide bonds. The molecule has 0 saturated carbocycles. The van der Waals surface area contributed by atoms with Crippen molar-refractivity contribution in [3.05, 3.63) is 64.2 Å². The van der Waals surface area contributed by atoms with Gasteiger partial charge in [0.25, 0.3) is 0 Å². The Balaban J connectivity index is 2.27. The van der Waals surface area contributed by atoms with Gasteiger partial charge in [-0.3, -0.25) is 4.79 Å². The van der Waals surface area contributed by atoms with Crippen LogP contribution < -0.4 is 4.74 Å². The molecule has 0 heterocycles. The van der Waals surface area contributed by atoms with Gasteiger partial charge in [-0.15, -0.1) is 0 Å². The highest BCUT2D eigenvalue weighted by Crippen LogP contribution is 2.22. The lowest BCUT2D eigenvalue weighted by atomic mass is 10.0. The first-order valence-electron chi connectivity index (χ1n) is 6.02. The average Bonchev–Trinajstić information content (AvgIpc) is 2.38. The van der Waals surface area contributed by atoms with Gasteiger partial charge in [-0.2, -0.15) is 0 Å². The van der Waals surface area contributed by atoms with Gasteiger partial charge in [0, 0.05) is 11.4 Å². The van der Waals surface area contributed by atoms with E-state index in [-0.39, 0.29) is 5.78 Å². The van der Waals surface area contributed by atoms with Crippen molar-refractivity contribution in [3.63, 3.8) is 0 Å². The molecule has 0 atom stereocenters. The Bertz CT molecular complexity index is 605. The third-order valence-corrected chi connectivity index (χ3v) is 3.14. The van der Waals surface area contributed by atoms with Crippen LogP contribution in [0.25, 0.3) is 0 Å². The van der Waals surface area contributed by atoms with Gasteiger partial charge in [-0.25, -0.2) is 0 Å². The van der Waals surface area contributed by atoms with E-state index >= 15 is 0 Å². The molecular weight excluding hydrogens is 260 g/mol. The van der Waals surface area contributed by atoms with Gasteiger partial charge in [-0.05, 0) is 36.8 Å². The van der Waals surface area contributed by atoms with E-state index in [0.717, 1.165) is 11.1 Å². The first kappa shape index (κ1) is 13.6. The van der Waals surface area contributed by atoms with Crippen LogP contribution in [0.3, 0.4) is 0 Å². The molecule has 2 nitrogen and oxygen atoms in total. The van der Waals surface area contributed by atoms with Crippen LogP contribution >= 0.6 is 11.6 Å². The molecule has 98 valence electrons. The number of Topliss-reactive ketones (excluding diaryl/α,β-unsaturated/α-hetero) is 1. The molecule has 0 saturated heterocycles. The number of methoxy groups -OCH3 is 1. The van der Waals surface area contributed by atoms with Crippen LogP contribution in [0.2, 0.25) is 5.02 Å². The van der Waals surface area contributed by atoms with Gasteiger partial charge in [-0.1, -0.05) is 35.4 Å². The number of ether oxygens (including phenoxy) is 1. The van der Waals surface area contributed by atoms with Gasteiger partial charge in [0.05, 0.1) is 12.7 Å². The van der Waals surface area contributed by atoms with Crippen molar-refractivity contribution in [2.75, 3.05) is 7.11 Å². The monoisotopic (exact) mass is 274 g/mol. The van der Waals surface area contributed by atoms with Crippen molar-refractivity contribution < 1.29 is 9.53 Å². The van der Waals surface area contributed by atoms with Crippen molar-refractivity contribution >= 4 is 17.4 Å². The van der Waals surface area contributed by atoms with E-state index < -0.39 is 0 Å². The Labute approximate surface area is 118 Å². The van der Waals surface area contributed by atoms with E-state index in [1.165, 1.54) is 0 Å². The molecule has 3 heteroatoms. The van der Waals surface area contributed by atoms with E-state index in [1.807, 2.05) is 43.3 Å².